The van der Waals surface area contributed by atoms with Crippen molar-refractivity contribution in [2.24, 2.45) is 0 Å². The molecule has 0 aliphatic heterocycles. The van der Waals surface area contributed by atoms with E-state index in [1.165, 1.54) is 4.90 Å². The second kappa shape index (κ2) is 9.62. The monoisotopic (exact) mass is 390 g/mol. The van der Waals surface area contributed by atoms with Crippen molar-refractivity contribution in [1.82, 2.24) is 10.2 Å². The molecule has 1 aromatic rings. The summed E-state index contributed by atoms with van der Waals surface area (Å²) in [6.45, 7) is 15.3. The summed E-state index contributed by atoms with van der Waals surface area (Å²) in [6.07, 6.45) is 1.49. The second-order valence-corrected chi connectivity index (χ2v) is 8.77. The van der Waals surface area contributed by atoms with Crippen LogP contribution in [0.3, 0.4) is 0 Å². The quantitative estimate of drug-likeness (QED) is 0.514. The van der Waals surface area contributed by atoms with Crippen LogP contribution in [0.1, 0.15) is 53.5 Å². The first-order chi connectivity index (χ1) is 12.8. The highest BCUT2D eigenvalue weighted by Gasteiger charge is 2.37. The van der Waals surface area contributed by atoms with Crippen LogP contribution in [0.4, 0.5) is 4.79 Å². The molecule has 6 nitrogen and oxygen atoms in total. The van der Waals surface area contributed by atoms with Crippen molar-refractivity contribution in [3.05, 3.63) is 42.5 Å². The van der Waals surface area contributed by atoms with Crippen LogP contribution in [0, 0.1) is 0 Å². The lowest BCUT2D eigenvalue weighted by Crippen LogP contribution is -2.57. The number of ether oxygens (including phenoxy) is 1. The third-order valence-electron chi connectivity index (χ3n) is 3.97. The lowest BCUT2D eigenvalue weighted by atomic mass is 9.97. The molecule has 1 atom stereocenters. The molecule has 0 bridgehead atoms. The maximum absolute atomic E-state index is 12.8. The highest BCUT2D eigenvalue weighted by molar-refractivity contribution is 5.86. The highest BCUT2D eigenvalue weighted by atomic mass is 16.5. The van der Waals surface area contributed by atoms with Gasteiger partial charge in [0.15, 0.2) is 0 Å². The zero-order chi connectivity index (χ0) is 21.5. The fourth-order valence-electron chi connectivity index (χ4n) is 2.87. The minimum absolute atomic E-state index is 0.277. The Balaban J connectivity index is 3.09. The molecule has 2 amide bonds. The minimum atomic E-state index is -1.12. The molecule has 28 heavy (non-hydrogen) atoms. The van der Waals surface area contributed by atoms with Gasteiger partial charge >= 0.3 is 6.09 Å². The summed E-state index contributed by atoms with van der Waals surface area (Å²) in [5.74, 6) is 0.420. The molecule has 0 saturated heterocycles. The van der Waals surface area contributed by atoms with Crippen LogP contribution in [-0.2, 0) is 11.2 Å². The van der Waals surface area contributed by atoms with Gasteiger partial charge in [0, 0.05) is 18.5 Å². The van der Waals surface area contributed by atoms with Gasteiger partial charge in [0.05, 0.1) is 0 Å². The Morgan fingerprint density at radius 1 is 1.18 bits per heavy atom. The zero-order valence-corrected chi connectivity index (χ0v) is 17.9. The first-order valence-corrected chi connectivity index (χ1v) is 9.54. The average molecular weight is 391 g/mol. The van der Waals surface area contributed by atoms with Crippen LogP contribution in [0.15, 0.2) is 36.9 Å². The van der Waals surface area contributed by atoms with E-state index in [0.29, 0.717) is 13.0 Å². The number of carbonyl (C=O) groups is 2. The van der Waals surface area contributed by atoms with E-state index >= 15 is 0 Å². The van der Waals surface area contributed by atoms with Gasteiger partial charge in [-0.3, -0.25) is 9.69 Å². The van der Waals surface area contributed by atoms with E-state index in [0.717, 1.165) is 11.3 Å². The maximum Gasteiger partial charge on any atom is 0.408 e. The van der Waals surface area contributed by atoms with Gasteiger partial charge in [-0.15, -0.1) is 6.58 Å². The van der Waals surface area contributed by atoms with E-state index in [2.05, 4.69) is 11.9 Å². The van der Waals surface area contributed by atoms with Crippen molar-refractivity contribution >= 4 is 12.0 Å². The number of rotatable bonds is 8. The molecule has 0 aliphatic carbocycles. The third kappa shape index (κ3) is 7.62. The normalized spacial score (nSPS) is 12.8. The summed E-state index contributed by atoms with van der Waals surface area (Å²) < 4.78 is 5.82. The summed E-state index contributed by atoms with van der Waals surface area (Å²) >= 11 is 0. The first-order valence-electron chi connectivity index (χ1n) is 9.54. The SMILES string of the molecule is C=CCCNC(=O)C(Cc1ccc(OC(C)(C)C)cc1)N(C(=O)O)C(C)(C)C. The van der Waals surface area contributed by atoms with Gasteiger partial charge in [-0.25, -0.2) is 4.79 Å². The van der Waals surface area contributed by atoms with Crippen LogP contribution in [0.25, 0.3) is 0 Å². The molecule has 0 aliphatic rings. The average Bonchev–Trinajstić information content (AvgIpc) is 2.53. The summed E-state index contributed by atoms with van der Waals surface area (Å²) in [4.78, 5) is 25.9. The van der Waals surface area contributed by atoms with E-state index in [1.54, 1.807) is 26.8 Å². The summed E-state index contributed by atoms with van der Waals surface area (Å²) in [5.41, 5.74) is -0.163. The van der Waals surface area contributed by atoms with Crippen molar-refractivity contribution in [3.8, 4) is 5.75 Å². The molecule has 156 valence electrons. The zero-order valence-electron chi connectivity index (χ0n) is 17.9. The van der Waals surface area contributed by atoms with Crippen LogP contribution in [-0.4, -0.2) is 45.7 Å². The van der Waals surface area contributed by atoms with Crippen LogP contribution in [0.5, 0.6) is 5.75 Å². The smallest absolute Gasteiger partial charge is 0.408 e. The van der Waals surface area contributed by atoms with Gasteiger partial charge in [0.2, 0.25) is 5.91 Å². The Bertz CT molecular complexity index is 669. The molecule has 0 radical (unpaired) electrons. The van der Waals surface area contributed by atoms with Gasteiger partial charge in [-0.1, -0.05) is 18.2 Å². The second-order valence-electron chi connectivity index (χ2n) is 8.77. The lowest BCUT2D eigenvalue weighted by Gasteiger charge is -2.39. The molecule has 1 unspecified atom stereocenters. The van der Waals surface area contributed by atoms with Crippen molar-refractivity contribution in [3.63, 3.8) is 0 Å². The third-order valence-corrected chi connectivity index (χ3v) is 3.97. The molecular weight excluding hydrogens is 356 g/mol. The number of benzene rings is 1. The number of hydrogen-bond acceptors (Lipinski definition) is 3. The topological polar surface area (TPSA) is 78.9 Å². The van der Waals surface area contributed by atoms with E-state index in [9.17, 15) is 14.7 Å². The fraction of sp³-hybridized carbons (Fsp3) is 0.545. The van der Waals surface area contributed by atoms with E-state index in [1.807, 2.05) is 45.0 Å². The number of hydrogen-bond donors (Lipinski definition) is 2. The van der Waals surface area contributed by atoms with Crippen molar-refractivity contribution in [1.29, 1.82) is 0 Å². The summed E-state index contributed by atoms with van der Waals surface area (Å²) in [6, 6.07) is 6.59. The number of carboxylic acid groups (broad SMARTS) is 1. The molecule has 0 heterocycles. The predicted octanol–water partition coefficient (Wildman–Crippen LogP) is 4.25. The molecule has 0 saturated carbocycles. The standard InChI is InChI=1S/C22H34N2O4/c1-8-9-14-23-19(25)18(24(20(26)27)21(2,3)4)15-16-10-12-17(13-11-16)28-22(5,6)7/h8,10-13,18H,1,9,14-15H2,2-7H3,(H,23,25)(H,26,27). The van der Waals surface area contributed by atoms with Crippen LogP contribution < -0.4 is 10.1 Å². The molecule has 0 aromatic heterocycles. The molecule has 2 N–H and O–H groups in total. The maximum atomic E-state index is 12.8. The van der Waals surface area contributed by atoms with Gasteiger partial charge in [-0.05, 0) is 65.7 Å². The molecule has 6 heteroatoms. The van der Waals surface area contributed by atoms with E-state index in [-0.39, 0.29) is 17.9 Å². The molecule has 0 fully saturated rings. The highest BCUT2D eigenvalue weighted by Crippen LogP contribution is 2.23. The predicted molar refractivity (Wildman–Crippen MR) is 112 cm³/mol. The Kier molecular flexibility index (Phi) is 8.09. The van der Waals surface area contributed by atoms with Crippen LogP contribution in [0.2, 0.25) is 0 Å². The Morgan fingerprint density at radius 3 is 2.18 bits per heavy atom. The van der Waals surface area contributed by atoms with Crippen molar-refractivity contribution in [2.75, 3.05) is 6.54 Å². The lowest BCUT2D eigenvalue weighted by molar-refractivity contribution is -0.127. The molecule has 0 spiro atoms. The Labute approximate surface area is 168 Å². The number of nitrogens with one attached hydrogen (secondary N) is 1. The first kappa shape index (κ1) is 23.5. The molecule has 1 aromatic carbocycles. The van der Waals surface area contributed by atoms with Gasteiger partial charge < -0.3 is 15.2 Å². The molecule has 1 rings (SSSR count). The van der Waals surface area contributed by atoms with Crippen molar-refractivity contribution < 1.29 is 19.4 Å². The number of carbonyl (C=O) groups excluding carboxylic acids is 1. The Morgan fingerprint density at radius 2 is 1.75 bits per heavy atom. The van der Waals surface area contributed by atoms with Gasteiger partial charge in [-0.2, -0.15) is 0 Å². The van der Waals surface area contributed by atoms with E-state index < -0.39 is 17.7 Å². The van der Waals surface area contributed by atoms with E-state index in [4.69, 9.17) is 4.74 Å². The van der Waals surface area contributed by atoms with Crippen molar-refractivity contribution in [2.45, 2.75) is 71.6 Å². The van der Waals surface area contributed by atoms with Crippen LogP contribution >= 0.6 is 0 Å². The summed E-state index contributed by atoms with van der Waals surface area (Å²) in [5, 5.41) is 12.6. The fourth-order valence-corrected chi connectivity index (χ4v) is 2.87. The van der Waals surface area contributed by atoms with Gasteiger partial charge in [0.1, 0.15) is 17.4 Å². The number of nitrogens with zero attached hydrogens (tertiary/aromatic N) is 1. The molecular formula is C22H34N2O4. The van der Waals surface area contributed by atoms with Gasteiger partial charge in [0.25, 0.3) is 0 Å². The minimum Gasteiger partial charge on any atom is -0.488 e. The largest absolute Gasteiger partial charge is 0.488 e. The summed E-state index contributed by atoms with van der Waals surface area (Å²) in [7, 11) is 0. The Hall–Kier alpha value is -2.50. The number of amides is 2.